The fraction of sp³-hybridized carbons (Fsp3) is 0.200. The molecule has 0 aromatic heterocycles. The molecule has 0 saturated heterocycles. The van der Waals surface area contributed by atoms with Gasteiger partial charge in [-0.1, -0.05) is 5.92 Å². The molecule has 80 valence electrons. The van der Waals surface area contributed by atoms with Crippen LogP contribution in [0.15, 0.2) is 18.2 Å². The van der Waals surface area contributed by atoms with Crippen molar-refractivity contribution in [2.24, 2.45) is 0 Å². The maximum absolute atomic E-state index is 11.8. The molecule has 0 aliphatic rings. The summed E-state index contributed by atoms with van der Waals surface area (Å²) in [5.41, 5.74) is -0.00479. The quantitative estimate of drug-likeness (QED) is 0.730. The highest BCUT2D eigenvalue weighted by molar-refractivity contribution is 5.50. The topological polar surface area (TPSA) is 29.5 Å². The number of benzene rings is 1. The molecule has 0 heterocycles. The second kappa shape index (κ2) is 4.13. The number of halogens is 3. The Morgan fingerprint density at radius 1 is 1.33 bits per heavy atom. The largest absolute Gasteiger partial charge is 0.508 e. The van der Waals surface area contributed by atoms with Gasteiger partial charge in [0, 0.05) is 5.92 Å². The van der Waals surface area contributed by atoms with Gasteiger partial charge in [0.05, 0.1) is 12.7 Å². The molecule has 0 fully saturated rings. The van der Waals surface area contributed by atoms with Gasteiger partial charge in [-0.05, 0) is 18.2 Å². The lowest BCUT2D eigenvalue weighted by Gasteiger charge is -2.03. The molecule has 2 nitrogen and oxygen atoms in total. The first kappa shape index (κ1) is 11.2. The molecule has 15 heavy (non-hydrogen) atoms. The summed E-state index contributed by atoms with van der Waals surface area (Å²) in [5, 5.41) is 9.06. The van der Waals surface area contributed by atoms with Crippen molar-refractivity contribution in [3.8, 4) is 23.3 Å². The van der Waals surface area contributed by atoms with Crippen LogP contribution < -0.4 is 4.74 Å². The lowest BCUT2D eigenvalue weighted by Crippen LogP contribution is -2.01. The van der Waals surface area contributed by atoms with Crippen molar-refractivity contribution in [3.05, 3.63) is 23.8 Å². The highest BCUT2D eigenvalue weighted by Gasteiger charge is 2.23. The predicted octanol–water partition coefficient (Wildman–Crippen LogP) is 2.31. The van der Waals surface area contributed by atoms with Crippen LogP contribution in [0.25, 0.3) is 0 Å². The minimum Gasteiger partial charge on any atom is -0.508 e. The van der Waals surface area contributed by atoms with Gasteiger partial charge in [-0.2, -0.15) is 13.2 Å². The van der Waals surface area contributed by atoms with Crippen molar-refractivity contribution in [2.45, 2.75) is 6.18 Å². The molecule has 0 spiro atoms. The number of aromatic hydroxyl groups is 1. The summed E-state index contributed by atoms with van der Waals surface area (Å²) in [7, 11) is 1.31. The molecule has 0 saturated carbocycles. The minimum absolute atomic E-state index is 0.00479. The van der Waals surface area contributed by atoms with Crippen LogP contribution in [0.2, 0.25) is 0 Å². The second-order valence-corrected chi connectivity index (χ2v) is 2.63. The molecule has 1 rings (SSSR count). The first-order valence-electron chi connectivity index (χ1n) is 3.89. The molecule has 1 aromatic carbocycles. The Labute approximate surface area is 84.3 Å². The van der Waals surface area contributed by atoms with Crippen molar-refractivity contribution < 1.29 is 23.0 Å². The molecule has 0 radical (unpaired) electrons. The normalized spacial score (nSPS) is 10.4. The van der Waals surface area contributed by atoms with E-state index in [1.807, 2.05) is 5.92 Å². The van der Waals surface area contributed by atoms with Crippen molar-refractivity contribution in [3.63, 3.8) is 0 Å². The van der Waals surface area contributed by atoms with Gasteiger partial charge in [0.25, 0.3) is 0 Å². The van der Waals surface area contributed by atoms with Crippen LogP contribution in [0, 0.1) is 11.8 Å². The van der Waals surface area contributed by atoms with E-state index in [-0.39, 0.29) is 17.1 Å². The van der Waals surface area contributed by atoms with Crippen LogP contribution in [0.1, 0.15) is 5.56 Å². The number of rotatable bonds is 1. The summed E-state index contributed by atoms with van der Waals surface area (Å²) in [5.74, 6) is 3.00. The van der Waals surface area contributed by atoms with Gasteiger partial charge < -0.3 is 9.84 Å². The van der Waals surface area contributed by atoms with E-state index in [0.29, 0.717) is 0 Å². The zero-order valence-corrected chi connectivity index (χ0v) is 7.72. The molecular weight excluding hydrogens is 209 g/mol. The zero-order valence-electron chi connectivity index (χ0n) is 7.72. The van der Waals surface area contributed by atoms with Crippen LogP contribution in [0.5, 0.6) is 11.5 Å². The summed E-state index contributed by atoms with van der Waals surface area (Å²) >= 11 is 0. The number of ether oxygens (including phenoxy) is 1. The lowest BCUT2D eigenvalue weighted by molar-refractivity contribution is -0.0696. The Kier molecular flexibility index (Phi) is 3.10. The highest BCUT2D eigenvalue weighted by atomic mass is 19.4. The number of hydrogen-bond donors (Lipinski definition) is 1. The Balaban J connectivity index is 3.11. The van der Waals surface area contributed by atoms with E-state index in [0.717, 1.165) is 12.0 Å². The van der Waals surface area contributed by atoms with Crippen LogP contribution in [-0.2, 0) is 0 Å². The molecule has 0 bridgehead atoms. The van der Waals surface area contributed by atoms with Gasteiger partial charge in [-0.3, -0.25) is 0 Å². The van der Waals surface area contributed by atoms with Crippen molar-refractivity contribution in [1.82, 2.24) is 0 Å². The average molecular weight is 216 g/mol. The molecule has 0 atom stereocenters. The lowest BCUT2D eigenvalue weighted by atomic mass is 10.2. The first-order chi connectivity index (χ1) is 6.92. The Morgan fingerprint density at radius 2 is 2.00 bits per heavy atom. The maximum atomic E-state index is 11.8. The van der Waals surface area contributed by atoms with Gasteiger partial charge in [0.1, 0.15) is 11.5 Å². The third-order valence-electron chi connectivity index (χ3n) is 1.52. The monoisotopic (exact) mass is 216 g/mol. The van der Waals surface area contributed by atoms with Crippen molar-refractivity contribution in [1.29, 1.82) is 0 Å². The summed E-state index contributed by atoms with van der Waals surface area (Å²) in [6.07, 6.45) is -4.56. The van der Waals surface area contributed by atoms with Crippen LogP contribution >= 0.6 is 0 Å². The zero-order chi connectivity index (χ0) is 11.5. The average Bonchev–Trinajstić information content (AvgIpc) is 2.14. The van der Waals surface area contributed by atoms with Gasteiger partial charge in [0.2, 0.25) is 0 Å². The number of phenolic OH excluding ortho intramolecular Hbond substituents is 1. The third kappa shape index (κ3) is 3.43. The van der Waals surface area contributed by atoms with E-state index >= 15 is 0 Å². The molecule has 1 aromatic rings. The predicted molar refractivity (Wildman–Crippen MR) is 47.6 cm³/mol. The minimum atomic E-state index is -4.56. The van der Waals surface area contributed by atoms with Gasteiger partial charge >= 0.3 is 6.18 Å². The fourth-order valence-electron chi connectivity index (χ4n) is 0.932. The van der Waals surface area contributed by atoms with E-state index in [2.05, 4.69) is 0 Å². The summed E-state index contributed by atoms with van der Waals surface area (Å²) < 4.78 is 40.2. The second-order valence-electron chi connectivity index (χ2n) is 2.63. The van der Waals surface area contributed by atoms with E-state index in [4.69, 9.17) is 9.84 Å². The van der Waals surface area contributed by atoms with Crippen molar-refractivity contribution in [2.75, 3.05) is 7.11 Å². The number of phenols is 1. The van der Waals surface area contributed by atoms with E-state index in [9.17, 15) is 13.2 Å². The molecule has 1 N–H and O–H groups in total. The van der Waals surface area contributed by atoms with Gasteiger partial charge in [-0.15, -0.1) is 0 Å². The molecular formula is C10H7F3O2. The standard InChI is InChI=1S/C10H7F3O2/c1-15-9-3-2-8(14)6-7(9)4-5-10(11,12)13/h2-3,6,14H,1H3. The Bertz CT molecular complexity index is 413. The van der Waals surface area contributed by atoms with Gasteiger partial charge in [-0.25, -0.2) is 0 Å². The molecule has 0 amide bonds. The smallest absolute Gasteiger partial charge is 0.458 e. The molecule has 0 unspecified atom stereocenters. The fourth-order valence-corrected chi connectivity index (χ4v) is 0.932. The highest BCUT2D eigenvalue weighted by Crippen LogP contribution is 2.22. The van der Waals surface area contributed by atoms with Crippen LogP contribution in [0.3, 0.4) is 0 Å². The summed E-state index contributed by atoms with van der Waals surface area (Å²) in [6, 6.07) is 3.75. The van der Waals surface area contributed by atoms with Gasteiger partial charge in [0.15, 0.2) is 0 Å². The van der Waals surface area contributed by atoms with Crippen molar-refractivity contribution >= 4 is 0 Å². The van der Waals surface area contributed by atoms with Crippen LogP contribution in [0.4, 0.5) is 13.2 Å². The van der Waals surface area contributed by atoms with E-state index in [1.165, 1.54) is 19.2 Å². The number of hydrogen-bond acceptors (Lipinski definition) is 2. The summed E-state index contributed by atoms with van der Waals surface area (Å²) in [6.45, 7) is 0. The Hall–Kier alpha value is -1.83. The maximum Gasteiger partial charge on any atom is 0.458 e. The summed E-state index contributed by atoms with van der Waals surface area (Å²) in [4.78, 5) is 0. The first-order valence-corrected chi connectivity index (χ1v) is 3.89. The van der Waals surface area contributed by atoms with Crippen LogP contribution in [-0.4, -0.2) is 18.4 Å². The molecule has 0 aliphatic heterocycles. The molecule has 5 heteroatoms. The van der Waals surface area contributed by atoms with E-state index < -0.39 is 6.18 Å². The SMILES string of the molecule is COc1ccc(O)cc1C#CC(F)(F)F. The number of alkyl halides is 3. The Morgan fingerprint density at radius 3 is 2.53 bits per heavy atom. The number of methoxy groups -OCH3 is 1. The third-order valence-corrected chi connectivity index (χ3v) is 1.52. The van der Waals surface area contributed by atoms with E-state index in [1.54, 1.807) is 0 Å². The molecule has 0 aliphatic carbocycles.